The maximum atomic E-state index is 14.6. The number of anilines is 3. The van der Waals surface area contributed by atoms with E-state index in [-0.39, 0.29) is 12.2 Å². The van der Waals surface area contributed by atoms with Gasteiger partial charge in [0.05, 0.1) is 17.6 Å². The van der Waals surface area contributed by atoms with Crippen molar-refractivity contribution in [1.82, 2.24) is 9.97 Å². The maximum absolute atomic E-state index is 14.6. The van der Waals surface area contributed by atoms with E-state index >= 15 is 0 Å². The Bertz CT molecular complexity index is 1040. The van der Waals surface area contributed by atoms with Gasteiger partial charge < -0.3 is 10.6 Å². The second kappa shape index (κ2) is 8.43. The number of nitrogens with one attached hydrogen (secondary N) is 2. The van der Waals surface area contributed by atoms with Crippen LogP contribution in [-0.4, -0.2) is 15.9 Å². The first-order valence-electron chi connectivity index (χ1n) is 8.41. The number of hydrogen-bond acceptors (Lipinski definition) is 4. The Morgan fingerprint density at radius 2 is 1.93 bits per heavy atom. The number of benzene rings is 1. The van der Waals surface area contributed by atoms with Crippen molar-refractivity contribution in [3.8, 4) is 0 Å². The fourth-order valence-corrected chi connectivity index (χ4v) is 3.02. The van der Waals surface area contributed by atoms with Crippen LogP contribution < -0.4 is 10.6 Å². The van der Waals surface area contributed by atoms with Crippen molar-refractivity contribution in [3.63, 3.8) is 0 Å². The average molecular weight is 447 g/mol. The molecule has 2 N–H and O–H groups in total. The summed E-state index contributed by atoms with van der Waals surface area (Å²) in [5.41, 5.74) is 2.88. The van der Waals surface area contributed by atoms with Gasteiger partial charge in [0, 0.05) is 30.2 Å². The van der Waals surface area contributed by atoms with Gasteiger partial charge in [-0.05, 0) is 47.9 Å². The molecule has 0 fully saturated rings. The van der Waals surface area contributed by atoms with Crippen molar-refractivity contribution < 1.29 is 13.6 Å². The zero-order valence-corrected chi connectivity index (χ0v) is 16.8. The quantitative estimate of drug-likeness (QED) is 0.570. The van der Waals surface area contributed by atoms with Crippen LogP contribution in [0.3, 0.4) is 0 Å². The van der Waals surface area contributed by atoms with E-state index in [1.165, 1.54) is 19.2 Å². The summed E-state index contributed by atoms with van der Waals surface area (Å²) in [4.78, 5) is 19.2. The van der Waals surface area contributed by atoms with Crippen LogP contribution in [0, 0.1) is 18.6 Å². The minimum Gasteiger partial charge on any atom is -0.352 e. The molecule has 28 heavy (non-hydrogen) atoms. The van der Waals surface area contributed by atoms with Crippen LogP contribution in [0.5, 0.6) is 0 Å². The predicted molar refractivity (Wildman–Crippen MR) is 108 cm³/mol. The van der Waals surface area contributed by atoms with E-state index in [1.54, 1.807) is 30.6 Å². The lowest BCUT2D eigenvalue weighted by Gasteiger charge is -2.14. The van der Waals surface area contributed by atoms with Crippen LogP contribution >= 0.6 is 15.9 Å². The Morgan fingerprint density at radius 3 is 2.64 bits per heavy atom. The number of aromatic nitrogens is 2. The molecule has 0 aliphatic rings. The molecule has 5 nitrogen and oxygen atoms in total. The van der Waals surface area contributed by atoms with Crippen molar-refractivity contribution in [3.05, 3.63) is 75.7 Å². The molecule has 0 saturated carbocycles. The summed E-state index contributed by atoms with van der Waals surface area (Å²) in [6.45, 7) is 3.14. The highest BCUT2D eigenvalue weighted by molar-refractivity contribution is 9.10. The molecule has 0 aliphatic carbocycles. The van der Waals surface area contributed by atoms with Crippen molar-refractivity contribution in [2.24, 2.45) is 0 Å². The molecule has 0 atom stereocenters. The highest BCUT2D eigenvalue weighted by Crippen LogP contribution is 2.27. The minimum atomic E-state index is -0.589. The lowest BCUT2D eigenvalue weighted by atomic mass is 10.0. The maximum Gasteiger partial charge on any atom is 0.222 e. The van der Waals surface area contributed by atoms with E-state index in [0.29, 0.717) is 21.4 Å². The summed E-state index contributed by atoms with van der Waals surface area (Å²) in [7, 11) is 0. The molecule has 1 aromatic carbocycles. The zero-order valence-electron chi connectivity index (χ0n) is 15.2. The van der Waals surface area contributed by atoms with Crippen LogP contribution in [-0.2, 0) is 11.2 Å². The van der Waals surface area contributed by atoms with Gasteiger partial charge in [0.25, 0.3) is 0 Å². The van der Waals surface area contributed by atoms with Gasteiger partial charge >= 0.3 is 0 Å². The van der Waals surface area contributed by atoms with Crippen molar-refractivity contribution in [2.45, 2.75) is 20.3 Å². The normalized spacial score (nSPS) is 10.6. The average Bonchev–Trinajstić information content (AvgIpc) is 2.63. The monoisotopic (exact) mass is 446 g/mol. The molecule has 144 valence electrons. The Balaban J connectivity index is 1.89. The molecule has 2 aromatic heterocycles. The number of nitrogens with zero attached hydrogens (tertiary/aromatic N) is 2. The van der Waals surface area contributed by atoms with Gasteiger partial charge in [-0.2, -0.15) is 0 Å². The minimum absolute atomic E-state index is 0.109. The highest BCUT2D eigenvalue weighted by Gasteiger charge is 2.14. The third-order valence-electron chi connectivity index (χ3n) is 4.16. The SMILES string of the molecule is CC(=O)Nc1nccc(Cc2cncc(Nc3ccc(Br)cc3F)c2C)c1F. The van der Waals surface area contributed by atoms with Crippen LogP contribution in [0.4, 0.5) is 26.0 Å². The highest BCUT2D eigenvalue weighted by atomic mass is 79.9. The lowest BCUT2D eigenvalue weighted by molar-refractivity contribution is -0.114. The van der Waals surface area contributed by atoms with Gasteiger partial charge in [-0.1, -0.05) is 15.9 Å². The van der Waals surface area contributed by atoms with E-state index in [9.17, 15) is 13.6 Å². The lowest BCUT2D eigenvalue weighted by Crippen LogP contribution is -2.11. The van der Waals surface area contributed by atoms with Crippen molar-refractivity contribution >= 4 is 39.0 Å². The Morgan fingerprint density at radius 1 is 1.14 bits per heavy atom. The fourth-order valence-electron chi connectivity index (χ4n) is 2.69. The van der Waals surface area contributed by atoms with Gasteiger partial charge in [0.15, 0.2) is 11.6 Å². The van der Waals surface area contributed by atoms with Crippen molar-refractivity contribution in [1.29, 1.82) is 0 Å². The summed E-state index contributed by atoms with van der Waals surface area (Å²) in [5.74, 6) is -1.50. The van der Waals surface area contributed by atoms with E-state index in [1.807, 2.05) is 6.92 Å². The predicted octanol–water partition coefficient (Wildman–Crippen LogP) is 5.12. The first-order chi connectivity index (χ1) is 13.3. The molecule has 0 aliphatic heterocycles. The molecule has 3 aromatic rings. The summed E-state index contributed by atoms with van der Waals surface area (Å²) in [5, 5.41) is 5.39. The Hall–Kier alpha value is -2.87. The number of amides is 1. The van der Waals surface area contributed by atoms with E-state index < -0.39 is 17.5 Å². The smallest absolute Gasteiger partial charge is 0.222 e. The van der Waals surface area contributed by atoms with Gasteiger partial charge in [-0.15, -0.1) is 0 Å². The molecule has 0 unspecified atom stereocenters. The van der Waals surface area contributed by atoms with Gasteiger partial charge in [-0.25, -0.2) is 13.8 Å². The number of carbonyl (C=O) groups excluding carboxylic acids is 1. The molecule has 0 radical (unpaired) electrons. The molecular weight excluding hydrogens is 430 g/mol. The molecule has 2 heterocycles. The van der Waals surface area contributed by atoms with E-state index in [0.717, 1.165) is 11.1 Å². The summed E-state index contributed by atoms with van der Waals surface area (Å²) < 4.78 is 29.4. The molecule has 0 saturated heterocycles. The van der Waals surface area contributed by atoms with Crippen LogP contribution in [0.1, 0.15) is 23.6 Å². The molecule has 8 heteroatoms. The Labute approximate surface area is 169 Å². The summed E-state index contributed by atoms with van der Waals surface area (Å²) in [6.07, 6.45) is 4.91. The van der Waals surface area contributed by atoms with Crippen LogP contribution in [0.25, 0.3) is 0 Å². The van der Waals surface area contributed by atoms with Crippen LogP contribution in [0.2, 0.25) is 0 Å². The molecule has 0 spiro atoms. The third-order valence-corrected chi connectivity index (χ3v) is 4.66. The van der Waals surface area contributed by atoms with Gasteiger partial charge in [0.2, 0.25) is 5.91 Å². The zero-order chi connectivity index (χ0) is 20.3. The summed E-state index contributed by atoms with van der Waals surface area (Å²) >= 11 is 3.23. The Kier molecular flexibility index (Phi) is 5.99. The second-order valence-corrected chi connectivity index (χ2v) is 7.13. The first-order valence-corrected chi connectivity index (χ1v) is 9.21. The number of hydrogen-bond donors (Lipinski definition) is 2. The number of carbonyl (C=O) groups is 1. The molecule has 3 rings (SSSR count). The first kappa shape index (κ1) is 19.9. The molecule has 1 amide bonds. The van der Waals surface area contributed by atoms with Gasteiger partial charge in [0.1, 0.15) is 5.82 Å². The standard InChI is InChI=1S/C20H17BrF2N4O/c1-11-14(7-13-5-6-25-20(19(13)23)26-12(2)28)9-24-10-18(11)27-17-4-3-15(21)8-16(17)22/h3-6,8-10,27H,7H2,1-2H3,(H,25,26,28). The number of pyridine rings is 2. The third kappa shape index (κ3) is 4.51. The summed E-state index contributed by atoms with van der Waals surface area (Å²) in [6, 6.07) is 6.26. The second-order valence-electron chi connectivity index (χ2n) is 6.21. The van der Waals surface area contributed by atoms with Crippen molar-refractivity contribution in [2.75, 3.05) is 10.6 Å². The molecule has 0 bridgehead atoms. The fraction of sp³-hybridized carbons (Fsp3) is 0.150. The number of halogens is 3. The van der Waals surface area contributed by atoms with Crippen LogP contribution in [0.15, 0.2) is 47.3 Å². The number of rotatable bonds is 5. The largest absolute Gasteiger partial charge is 0.352 e. The topological polar surface area (TPSA) is 66.9 Å². The van der Waals surface area contributed by atoms with E-state index in [2.05, 4.69) is 36.5 Å². The van der Waals surface area contributed by atoms with Gasteiger partial charge in [-0.3, -0.25) is 9.78 Å². The molecular formula is C20H17BrF2N4O. The van der Waals surface area contributed by atoms with E-state index in [4.69, 9.17) is 0 Å².